The van der Waals surface area contributed by atoms with Gasteiger partial charge in [0.1, 0.15) is 0 Å². The van der Waals surface area contributed by atoms with Crippen LogP contribution < -0.4 is 11.1 Å². The van der Waals surface area contributed by atoms with Gasteiger partial charge in [-0.2, -0.15) is 0 Å². The highest BCUT2D eigenvalue weighted by Gasteiger charge is 2.14. The number of hydrogen-bond acceptors (Lipinski definition) is 3. The average Bonchev–Trinajstić information content (AvgIpc) is 2.74. The van der Waals surface area contributed by atoms with Crippen molar-refractivity contribution in [3.63, 3.8) is 0 Å². The first-order valence-electron chi connectivity index (χ1n) is 5.62. The predicted molar refractivity (Wildman–Crippen MR) is 75.6 cm³/mol. The first-order valence-corrected chi connectivity index (χ1v) is 6.70. The minimum atomic E-state index is 0.720. The lowest BCUT2D eigenvalue weighted by Crippen LogP contribution is -2.10. The van der Waals surface area contributed by atoms with Crippen molar-refractivity contribution >= 4 is 34.0 Å². The van der Waals surface area contributed by atoms with Crippen molar-refractivity contribution in [3.8, 4) is 0 Å². The van der Waals surface area contributed by atoms with Gasteiger partial charge in [0.15, 0.2) is 0 Å². The normalized spacial score (nSPS) is 19.9. The molecule has 0 amide bonds. The van der Waals surface area contributed by atoms with Crippen LogP contribution in [-0.2, 0) is 4.74 Å². The number of halogens is 1. The number of nitrogen functional groups attached to an aromatic ring is 1. The molecule has 1 aromatic carbocycles. The van der Waals surface area contributed by atoms with Crippen molar-refractivity contribution in [1.29, 1.82) is 0 Å². The van der Waals surface area contributed by atoms with Crippen LogP contribution in [0.4, 0.5) is 11.4 Å². The highest BCUT2D eigenvalue weighted by Crippen LogP contribution is 2.22. The zero-order valence-corrected chi connectivity index (χ0v) is 11.4. The smallest absolute Gasteiger partial charge is 0.0574 e. The molecule has 1 fully saturated rings. The molecular weight excluding hydrogens is 315 g/mol. The number of nitrogens with one attached hydrogen (secondary N) is 1. The lowest BCUT2D eigenvalue weighted by atomic mass is 10.1. The van der Waals surface area contributed by atoms with Crippen molar-refractivity contribution in [2.45, 2.75) is 12.8 Å². The van der Waals surface area contributed by atoms with E-state index in [9.17, 15) is 0 Å². The van der Waals surface area contributed by atoms with Crippen molar-refractivity contribution in [2.75, 3.05) is 30.8 Å². The van der Waals surface area contributed by atoms with Crippen molar-refractivity contribution in [2.24, 2.45) is 5.92 Å². The van der Waals surface area contributed by atoms with Crippen LogP contribution in [0.2, 0.25) is 0 Å². The third kappa shape index (κ3) is 3.25. The minimum Gasteiger partial charge on any atom is -0.397 e. The highest BCUT2D eigenvalue weighted by molar-refractivity contribution is 14.1. The summed E-state index contributed by atoms with van der Waals surface area (Å²) in [6, 6.07) is 6.10. The van der Waals surface area contributed by atoms with Crippen LogP contribution in [0.15, 0.2) is 18.2 Å². The van der Waals surface area contributed by atoms with Gasteiger partial charge in [-0.05, 0) is 59.5 Å². The average molecular weight is 332 g/mol. The molecule has 1 aliphatic rings. The Morgan fingerprint density at radius 1 is 1.50 bits per heavy atom. The lowest BCUT2D eigenvalue weighted by molar-refractivity contribution is 0.185. The van der Waals surface area contributed by atoms with Crippen LogP contribution in [0, 0.1) is 9.49 Å². The molecule has 0 aliphatic carbocycles. The number of rotatable bonds is 4. The second-order valence-electron chi connectivity index (χ2n) is 4.18. The molecule has 1 saturated heterocycles. The first kappa shape index (κ1) is 12.0. The number of anilines is 2. The summed E-state index contributed by atoms with van der Waals surface area (Å²) in [4.78, 5) is 0. The molecule has 0 aromatic heterocycles. The van der Waals surface area contributed by atoms with Crippen molar-refractivity contribution in [1.82, 2.24) is 0 Å². The molecule has 0 radical (unpaired) electrons. The summed E-state index contributed by atoms with van der Waals surface area (Å²) in [7, 11) is 0. The third-order valence-corrected chi connectivity index (χ3v) is 3.58. The largest absolute Gasteiger partial charge is 0.397 e. The second kappa shape index (κ2) is 5.72. The molecule has 3 N–H and O–H groups in total. The van der Waals surface area contributed by atoms with Crippen molar-refractivity contribution < 1.29 is 4.74 Å². The maximum Gasteiger partial charge on any atom is 0.0574 e. The standard InChI is InChI=1S/C12H17IN2O/c13-10-1-2-12(11(14)7-10)15-5-3-9-4-6-16-8-9/h1-2,7,9,15H,3-6,8,14H2. The fourth-order valence-corrected chi connectivity index (χ4v) is 2.43. The molecule has 4 heteroatoms. The summed E-state index contributed by atoms with van der Waals surface area (Å²) in [6.45, 7) is 2.82. The van der Waals surface area contributed by atoms with E-state index in [1.54, 1.807) is 0 Å². The Morgan fingerprint density at radius 3 is 3.06 bits per heavy atom. The van der Waals surface area contributed by atoms with Crippen LogP contribution in [0.25, 0.3) is 0 Å². The van der Waals surface area contributed by atoms with Gasteiger partial charge in [-0.1, -0.05) is 0 Å². The van der Waals surface area contributed by atoms with E-state index in [0.717, 1.165) is 43.5 Å². The molecule has 1 aromatic rings. The molecule has 0 saturated carbocycles. The van der Waals surface area contributed by atoms with Crippen LogP contribution in [0.1, 0.15) is 12.8 Å². The summed E-state index contributed by atoms with van der Waals surface area (Å²) in [5, 5.41) is 3.38. The molecule has 16 heavy (non-hydrogen) atoms. The van der Waals surface area contributed by atoms with Gasteiger partial charge in [-0.25, -0.2) is 0 Å². The van der Waals surface area contributed by atoms with E-state index in [2.05, 4.69) is 34.0 Å². The second-order valence-corrected chi connectivity index (χ2v) is 5.42. The summed E-state index contributed by atoms with van der Waals surface area (Å²) < 4.78 is 6.52. The van der Waals surface area contributed by atoms with E-state index in [-0.39, 0.29) is 0 Å². The Balaban J connectivity index is 1.80. The van der Waals surface area contributed by atoms with E-state index in [0.29, 0.717) is 0 Å². The third-order valence-electron chi connectivity index (χ3n) is 2.91. The maximum atomic E-state index is 5.92. The van der Waals surface area contributed by atoms with Gasteiger partial charge in [0, 0.05) is 23.3 Å². The highest BCUT2D eigenvalue weighted by atomic mass is 127. The molecule has 3 nitrogen and oxygen atoms in total. The molecule has 1 unspecified atom stereocenters. The van der Waals surface area contributed by atoms with Crippen LogP contribution in [0.3, 0.4) is 0 Å². The van der Waals surface area contributed by atoms with Gasteiger partial charge in [0.25, 0.3) is 0 Å². The number of nitrogens with two attached hydrogens (primary N) is 1. The summed E-state index contributed by atoms with van der Waals surface area (Å²) in [5.74, 6) is 0.720. The summed E-state index contributed by atoms with van der Waals surface area (Å²) >= 11 is 2.27. The van der Waals surface area contributed by atoms with E-state index >= 15 is 0 Å². The van der Waals surface area contributed by atoms with Gasteiger partial charge in [0.2, 0.25) is 0 Å². The zero-order valence-electron chi connectivity index (χ0n) is 9.21. The molecule has 88 valence electrons. The van der Waals surface area contributed by atoms with Crippen LogP contribution in [0.5, 0.6) is 0 Å². The van der Waals surface area contributed by atoms with Crippen LogP contribution >= 0.6 is 22.6 Å². The quantitative estimate of drug-likeness (QED) is 0.658. The maximum absolute atomic E-state index is 5.92. The fourth-order valence-electron chi connectivity index (χ4n) is 1.92. The Kier molecular flexibility index (Phi) is 4.29. The first-order chi connectivity index (χ1) is 7.75. The Hall–Kier alpha value is -0.490. The van der Waals surface area contributed by atoms with E-state index < -0.39 is 0 Å². The van der Waals surface area contributed by atoms with Crippen molar-refractivity contribution in [3.05, 3.63) is 21.8 Å². The SMILES string of the molecule is Nc1cc(I)ccc1NCCC1CCOC1. The summed E-state index contributed by atoms with van der Waals surface area (Å²) in [6.07, 6.45) is 2.36. The van der Waals surface area contributed by atoms with Gasteiger partial charge in [-0.15, -0.1) is 0 Å². The molecule has 1 aliphatic heterocycles. The monoisotopic (exact) mass is 332 g/mol. The molecule has 0 spiro atoms. The Bertz CT molecular complexity index is 351. The van der Waals surface area contributed by atoms with E-state index in [1.165, 1.54) is 9.99 Å². The Labute approximate surface area is 110 Å². The lowest BCUT2D eigenvalue weighted by Gasteiger charge is -2.11. The van der Waals surface area contributed by atoms with Gasteiger partial charge >= 0.3 is 0 Å². The predicted octanol–water partition coefficient (Wildman–Crippen LogP) is 2.71. The Morgan fingerprint density at radius 2 is 2.38 bits per heavy atom. The number of ether oxygens (including phenoxy) is 1. The molecular formula is C12H17IN2O. The minimum absolute atomic E-state index is 0.720. The topological polar surface area (TPSA) is 47.3 Å². The van der Waals surface area contributed by atoms with E-state index in [1.807, 2.05) is 12.1 Å². The van der Waals surface area contributed by atoms with E-state index in [4.69, 9.17) is 10.5 Å². The molecule has 1 atom stereocenters. The van der Waals surface area contributed by atoms with Gasteiger partial charge < -0.3 is 15.8 Å². The van der Waals surface area contributed by atoms with Crippen LogP contribution in [-0.4, -0.2) is 19.8 Å². The fraction of sp³-hybridized carbons (Fsp3) is 0.500. The van der Waals surface area contributed by atoms with Gasteiger partial charge in [0.05, 0.1) is 11.4 Å². The molecule has 2 rings (SSSR count). The number of benzene rings is 1. The molecule has 1 heterocycles. The zero-order chi connectivity index (χ0) is 11.4. The van der Waals surface area contributed by atoms with Gasteiger partial charge in [-0.3, -0.25) is 0 Å². The number of hydrogen-bond donors (Lipinski definition) is 2. The summed E-state index contributed by atoms with van der Waals surface area (Å²) in [5.41, 5.74) is 7.79. The molecule has 0 bridgehead atoms.